The first-order valence-corrected chi connectivity index (χ1v) is 8.11. The number of aromatic nitrogens is 2. The van der Waals surface area contributed by atoms with E-state index < -0.39 is 0 Å². The molecule has 1 N–H and O–H groups in total. The van der Waals surface area contributed by atoms with Gasteiger partial charge >= 0.3 is 0 Å². The van der Waals surface area contributed by atoms with Crippen LogP contribution in [0.25, 0.3) is 10.8 Å². The maximum absolute atomic E-state index is 4.75. The number of nitrogens with one attached hydrogen (secondary N) is 1. The first-order valence-electron chi connectivity index (χ1n) is 7.32. The highest BCUT2D eigenvalue weighted by Gasteiger charge is 2.20. The molecule has 0 fully saturated rings. The van der Waals surface area contributed by atoms with Crippen LogP contribution in [0, 0.1) is 0 Å². The van der Waals surface area contributed by atoms with Crippen LogP contribution in [0.4, 0.5) is 5.69 Å². The van der Waals surface area contributed by atoms with Crippen LogP contribution in [0.5, 0.6) is 0 Å². The highest BCUT2D eigenvalue weighted by molar-refractivity contribution is 9.10. The molecule has 1 aliphatic heterocycles. The van der Waals surface area contributed by atoms with Gasteiger partial charge in [0, 0.05) is 46.6 Å². The van der Waals surface area contributed by atoms with Gasteiger partial charge in [0.1, 0.15) is 5.84 Å². The van der Waals surface area contributed by atoms with E-state index in [2.05, 4.69) is 61.1 Å². The number of hydrogen-bond acceptors (Lipinski definition) is 2. The SMILES string of the molecule is Brc1ccc2c3c(cccc13)C(=NCCCn1ccnc1)N2. The summed E-state index contributed by atoms with van der Waals surface area (Å²) in [6, 6.07) is 10.5. The van der Waals surface area contributed by atoms with Crippen molar-refractivity contribution >= 4 is 38.2 Å². The summed E-state index contributed by atoms with van der Waals surface area (Å²) in [6.07, 6.45) is 6.63. The molecule has 3 aromatic rings. The van der Waals surface area contributed by atoms with Crippen molar-refractivity contribution in [3.05, 3.63) is 59.1 Å². The van der Waals surface area contributed by atoms with Crippen LogP contribution >= 0.6 is 15.9 Å². The summed E-state index contributed by atoms with van der Waals surface area (Å²) in [7, 11) is 0. The van der Waals surface area contributed by atoms with Gasteiger partial charge < -0.3 is 9.88 Å². The van der Waals surface area contributed by atoms with E-state index in [9.17, 15) is 0 Å². The van der Waals surface area contributed by atoms with Gasteiger partial charge in [0.15, 0.2) is 0 Å². The Labute approximate surface area is 137 Å². The summed E-state index contributed by atoms with van der Waals surface area (Å²) in [5.41, 5.74) is 2.33. The van der Waals surface area contributed by atoms with E-state index in [4.69, 9.17) is 4.99 Å². The first kappa shape index (κ1) is 13.5. The standard InChI is InChI=1S/C17H15BrN4/c18-14-5-6-15-16-12(14)3-1-4-13(16)17(21-15)20-7-2-9-22-10-8-19-11-22/h1,3-6,8,10-11H,2,7,9H2,(H,20,21). The van der Waals surface area contributed by atoms with Crippen molar-refractivity contribution in [3.8, 4) is 0 Å². The number of aliphatic imine (C=N–C) groups is 1. The lowest BCUT2D eigenvalue weighted by molar-refractivity contribution is 0.651. The topological polar surface area (TPSA) is 42.2 Å². The molecule has 0 atom stereocenters. The van der Waals surface area contributed by atoms with E-state index in [0.717, 1.165) is 35.5 Å². The second kappa shape index (κ2) is 5.57. The molecule has 0 amide bonds. The van der Waals surface area contributed by atoms with E-state index in [1.54, 1.807) is 6.20 Å². The van der Waals surface area contributed by atoms with Gasteiger partial charge in [-0.3, -0.25) is 4.99 Å². The second-order valence-corrected chi connectivity index (χ2v) is 6.19. The van der Waals surface area contributed by atoms with Crippen molar-refractivity contribution in [1.82, 2.24) is 9.55 Å². The lowest BCUT2D eigenvalue weighted by Gasteiger charge is -2.02. The van der Waals surface area contributed by atoms with E-state index in [-0.39, 0.29) is 0 Å². The third-order valence-corrected chi connectivity index (χ3v) is 4.59. The third kappa shape index (κ3) is 2.31. The van der Waals surface area contributed by atoms with Crippen LogP contribution in [0.1, 0.15) is 12.0 Å². The average Bonchev–Trinajstić information content (AvgIpc) is 3.17. The number of halogens is 1. The molecule has 110 valence electrons. The molecule has 0 aliphatic carbocycles. The number of aryl methyl sites for hydroxylation is 1. The summed E-state index contributed by atoms with van der Waals surface area (Å²) in [6.45, 7) is 1.74. The van der Waals surface area contributed by atoms with E-state index >= 15 is 0 Å². The Bertz CT molecular complexity index is 852. The Balaban J connectivity index is 1.56. The Morgan fingerprint density at radius 2 is 2.18 bits per heavy atom. The predicted molar refractivity (Wildman–Crippen MR) is 93.5 cm³/mol. The molecule has 4 rings (SSSR count). The molecular formula is C17H15BrN4. The summed E-state index contributed by atoms with van der Waals surface area (Å²) < 4.78 is 3.20. The smallest absolute Gasteiger partial charge is 0.133 e. The van der Waals surface area contributed by atoms with Crippen LogP contribution < -0.4 is 5.32 Å². The highest BCUT2D eigenvalue weighted by atomic mass is 79.9. The van der Waals surface area contributed by atoms with Crippen molar-refractivity contribution in [3.63, 3.8) is 0 Å². The van der Waals surface area contributed by atoms with Gasteiger partial charge in [-0.2, -0.15) is 0 Å². The number of imidazole rings is 1. The van der Waals surface area contributed by atoms with E-state index in [1.165, 1.54) is 16.3 Å². The Morgan fingerprint density at radius 3 is 3.05 bits per heavy atom. The summed E-state index contributed by atoms with van der Waals surface area (Å²) in [5.74, 6) is 0.976. The van der Waals surface area contributed by atoms with Gasteiger partial charge in [-0.15, -0.1) is 0 Å². The van der Waals surface area contributed by atoms with Crippen LogP contribution in [-0.2, 0) is 6.54 Å². The molecule has 0 radical (unpaired) electrons. The van der Waals surface area contributed by atoms with Crippen molar-refractivity contribution in [2.75, 3.05) is 11.9 Å². The number of nitrogens with zero attached hydrogens (tertiary/aromatic N) is 3. The molecule has 1 aromatic heterocycles. The molecule has 2 heterocycles. The van der Waals surface area contributed by atoms with Gasteiger partial charge in [-0.05, 0) is 23.9 Å². The molecule has 2 aromatic carbocycles. The van der Waals surface area contributed by atoms with Crippen LogP contribution in [-0.4, -0.2) is 21.9 Å². The van der Waals surface area contributed by atoms with Gasteiger partial charge in [0.05, 0.1) is 6.33 Å². The minimum absolute atomic E-state index is 0.798. The lowest BCUT2D eigenvalue weighted by atomic mass is 10.1. The molecule has 0 saturated carbocycles. The third-order valence-electron chi connectivity index (χ3n) is 3.90. The number of rotatable bonds is 4. The fraction of sp³-hybridized carbons (Fsp3) is 0.176. The molecule has 1 aliphatic rings. The second-order valence-electron chi connectivity index (χ2n) is 5.33. The largest absolute Gasteiger partial charge is 0.339 e. The Hall–Kier alpha value is -2.14. The van der Waals surface area contributed by atoms with Crippen molar-refractivity contribution in [1.29, 1.82) is 0 Å². The minimum Gasteiger partial charge on any atom is -0.339 e. The van der Waals surface area contributed by atoms with Gasteiger partial charge in [0.25, 0.3) is 0 Å². The van der Waals surface area contributed by atoms with Crippen molar-refractivity contribution in [2.24, 2.45) is 4.99 Å². The molecule has 0 spiro atoms. The van der Waals surface area contributed by atoms with Crippen LogP contribution in [0.15, 0.2) is 58.5 Å². The summed E-state index contributed by atoms with van der Waals surface area (Å²) in [5, 5.41) is 5.92. The number of amidine groups is 1. The fourth-order valence-electron chi connectivity index (χ4n) is 2.86. The molecule has 5 heteroatoms. The Morgan fingerprint density at radius 1 is 1.23 bits per heavy atom. The number of hydrogen-bond donors (Lipinski definition) is 1. The van der Waals surface area contributed by atoms with Crippen LogP contribution in [0.2, 0.25) is 0 Å². The highest BCUT2D eigenvalue weighted by Crippen LogP contribution is 2.37. The van der Waals surface area contributed by atoms with Crippen molar-refractivity contribution in [2.45, 2.75) is 13.0 Å². The number of benzene rings is 2. The normalized spacial score (nSPS) is 14.7. The van der Waals surface area contributed by atoms with E-state index in [0.29, 0.717) is 0 Å². The monoisotopic (exact) mass is 354 g/mol. The predicted octanol–water partition coefficient (Wildman–Crippen LogP) is 4.06. The maximum atomic E-state index is 4.75. The fourth-order valence-corrected chi connectivity index (χ4v) is 3.32. The van der Waals surface area contributed by atoms with E-state index in [1.807, 2.05) is 12.5 Å². The molecule has 4 nitrogen and oxygen atoms in total. The Kier molecular flexibility index (Phi) is 3.42. The van der Waals surface area contributed by atoms with Gasteiger partial charge in [-0.25, -0.2) is 4.98 Å². The number of anilines is 1. The summed E-state index contributed by atoms with van der Waals surface area (Å²) >= 11 is 3.62. The molecule has 22 heavy (non-hydrogen) atoms. The molecular weight excluding hydrogens is 340 g/mol. The zero-order valence-electron chi connectivity index (χ0n) is 12.0. The average molecular weight is 355 g/mol. The minimum atomic E-state index is 0.798. The molecule has 0 saturated heterocycles. The van der Waals surface area contributed by atoms with Gasteiger partial charge in [-0.1, -0.05) is 34.1 Å². The zero-order valence-corrected chi connectivity index (χ0v) is 13.5. The van der Waals surface area contributed by atoms with Crippen molar-refractivity contribution < 1.29 is 0 Å². The maximum Gasteiger partial charge on any atom is 0.133 e. The lowest BCUT2D eigenvalue weighted by Crippen LogP contribution is -2.08. The van der Waals surface area contributed by atoms with Gasteiger partial charge in [0.2, 0.25) is 0 Å². The quantitative estimate of drug-likeness (QED) is 0.717. The first-order chi connectivity index (χ1) is 10.8. The van der Waals surface area contributed by atoms with Crippen LogP contribution in [0.3, 0.4) is 0 Å². The molecule has 0 bridgehead atoms. The summed E-state index contributed by atoms with van der Waals surface area (Å²) in [4.78, 5) is 8.80. The molecule has 0 unspecified atom stereocenters. The zero-order chi connectivity index (χ0) is 14.9.